The maximum Gasteiger partial charge on any atom is 0.216 e. The van der Waals surface area contributed by atoms with Gasteiger partial charge in [0, 0.05) is 28.7 Å². The Morgan fingerprint density at radius 3 is 2.85 bits per heavy atom. The van der Waals surface area contributed by atoms with Crippen molar-refractivity contribution in [3.8, 4) is 5.88 Å². The lowest BCUT2D eigenvalue weighted by Gasteiger charge is -2.19. The van der Waals surface area contributed by atoms with Gasteiger partial charge in [0.05, 0.1) is 7.11 Å². The van der Waals surface area contributed by atoms with Gasteiger partial charge in [-0.1, -0.05) is 34.1 Å². The van der Waals surface area contributed by atoms with E-state index in [0.29, 0.717) is 5.88 Å². The number of hydrogen-bond donors (Lipinski definition) is 1. The van der Waals surface area contributed by atoms with Gasteiger partial charge < -0.3 is 10.1 Å². The quantitative estimate of drug-likeness (QED) is 0.912. The number of halogens is 1. The Labute approximate surface area is 127 Å². The number of methoxy groups -OCH3 is 1. The van der Waals surface area contributed by atoms with E-state index in [9.17, 15) is 0 Å². The fraction of sp³-hybridized carbons (Fsp3) is 0.333. The summed E-state index contributed by atoms with van der Waals surface area (Å²) in [4.78, 5) is 8.34. The van der Waals surface area contributed by atoms with Crippen LogP contribution in [-0.2, 0) is 6.42 Å². The normalized spacial score (nSPS) is 12.2. The number of nitrogens with one attached hydrogen (secondary N) is 1. The second-order valence-corrected chi connectivity index (χ2v) is 5.37. The molecule has 2 aromatic rings. The maximum absolute atomic E-state index is 5.14. The second kappa shape index (κ2) is 6.81. The van der Waals surface area contributed by atoms with Crippen LogP contribution in [0.15, 0.2) is 35.1 Å². The lowest BCUT2D eigenvalue weighted by Crippen LogP contribution is -2.20. The summed E-state index contributed by atoms with van der Waals surface area (Å²) in [6.07, 6.45) is 2.31. The number of aromatic nitrogens is 2. The molecule has 0 saturated carbocycles. The molecule has 0 spiro atoms. The van der Waals surface area contributed by atoms with Crippen LogP contribution in [0.3, 0.4) is 0 Å². The first kappa shape index (κ1) is 14.9. The molecule has 106 valence electrons. The van der Waals surface area contributed by atoms with Crippen LogP contribution in [0.5, 0.6) is 5.88 Å². The lowest BCUT2D eigenvalue weighted by molar-refractivity contribution is 0.395. The van der Waals surface area contributed by atoms with Crippen molar-refractivity contribution in [2.45, 2.75) is 19.4 Å². The highest BCUT2D eigenvalue weighted by Gasteiger charge is 2.15. The van der Waals surface area contributed by atoms with E-state index in [4.69, 9.17) is 4.74 Å². The van der Waals surface area contributed by atoms with E-state index in [1.54, 1.807) is 7.11 Å². The van der Waals surface area contributed by atoms with E-state index in [2.05, 4.69) is 56.3 Å². The zero-order chi connectivity index (χ0) is 14.5. The van der Waals surface area contributed by atoms with E-state index in [1.165, 1.54) is 17.5 Å². The van der Waals surface area contributed by atoms with E-state index >= 15 is 0 Å². The van der Waals surface area contributed by atoms with Crippen molar-refractivity contribution in [2.75, 3.05) is 14.2 Å². The minimum absolute atomic E-state index is 0.184. The highest BCUT2D eigenvalue weighted by Crippen LogP contribution is 2.28. The summed E-state index contributed by atoms with van der Waals surface area (Å²) in [6.45, 7) is 2.09. The van der Waals surface area contributed by atoms with Crippen molar-refractivity contribution in [3.05, 3.63) is 51.9 Å². The summed E-state index contributed by atoms with van der Waals surface area (Å²) in [7, 11) is 3.57. The Bertz CT molecular complexity index is 589. The fourth-order valence-electron chi connectivity index (χ4n) is 2.12. The topological polar surface area (TPSA) is 47.0 Å². The Morgan fingerprint density at radius 1 is 1.35 bits per heavy atom. The predicted molar refractivity (Wildman–Crippen MR) is 83.0 cm³/mol. The average Bonchev–Trinajstić information content (AvgIpc) is 2.48. The molecule has 4 nitrogen and oxygen atoms in total. The van der Waals surface area contributed by atoms with Gasteiger partial charge in [0.15, 0.2) is 0 Å². The largest absolute Gasteiger partial charge is 0.481 e. The van der Waals surface area contributed by atoms with Crippen LogP contribution < -0.4 is 10.1 Å². The number of rotatable bonds is 5. The first-order valence-corrected chi connectivity index (χ1v) is 7.22. The highest BCUT2D eigenvalue weighted by atomic mass is 79.9. The number of nitrogens with zero attached hydrogens (tertiary/aromatic N) is 2. The molecule has 0 radical (unpaired) electrons. The van der Waals surface area contributed by atoms with Crippen LogP contribution in [0, 0.1) is 6.92 Å². The van der Waals surface area contributed by atoms with E-state index in [0.717, 1.165) is 16.6 Å². The van der Waals surface area contributed by atoms with Crippen molar-refractivity contribution in [3.63, 3.8) is 0 Å². The van der Waals surface area contributed by atoms with Crippen LogP contribution in [0.1, 0.15) is 22.9 Å². The van der Waals surface area contributed by atoms with Crippen molar-refractivity contribution >= 4 is 15.9 Å². The zero-order valence-corrected chi connectivity index (χ0v) is 13.4. The van der Waals surface area contributed by atoms with Crippen LogP contribution in [0.2, 0.25) is 0 Å². The second-order valence-electron chi connectivity index (χ2n) is 4.58. The number of ether oxygens (including phenoxy) is 1. The molecule has 1 heterocycles. The highest BCUT2D eigenvalue weighted by molar-refractivity contribution is 9.10. The third kappa shape index (κ3) is 3.35. The molecule has 0 fully saturated rings. The maximum atomic E-state index is 5.14. The molecule has 20 heavy (non-hydrogen) atoms. The van der Waals surface area contributed by atoms with Crippen molar-refractivity contribution in [2.24, 2.45) is 0 Å². The molecular weight excluding hydrogens is 318 g/mol. The molecule has 0 amide bonds. The molecule has 0 saturated heterocycles. The van der Waals surface area contributed by atoms with Gasteiger partial charge in [-0.25, -0.2) is 9.97 Å². The summed E-state index contributed by atoms with van der Waals surface area (Å²) in [5, 5.41) is 3.34. The van der Waals surface area contributed by atoms with Gasteiger partial charge in [-0.05, 0) is 25.1 Å². The number of benzene rings is 1. The van der Waals surface area contributed by atoms with E-state index in [-0.39, 0.29) is 6.04 Å². The summed E-state index contributed by atoms with van der Waals surface area (Å²) >= 11 is 3.67. The fourth-order valence-corrected chi connectivity index (χ4v) is 2.66. The Hall–Kier alpha value is -1.46. The molecule has 2 rings (SSSR count). The molecule has 0 aliphatic heterocycles. The first-order chi connectivity index (χ1) is 9.65. The third-order valence-corrected chi connectivity index (χ3v) is 4.35. The number of likely N-dealkylation sites (N-methyl/N-ethyl adjacent to an activating group) is 1. The van der Waals surface area contributed by atoms with Gasteiger partial charge in [-0.15, -0.1) is 0 Å². The van der Waals surface area contributed by atoms with Crippen LogP contribution in [0.4, 0.5) is 0 Å². The molecule has 1 unspecified atom stereocenters. The first-order valence-electron chi connectivity index (χ1n) is 6.43. The third-order valence-electron chi connectivity index (χ3n) is 3.27. The summed E-state index contributed by atoms with van der Waals surface area (Å²) in [5.74, 6) is 0.591. The Kier molecular flexibility index (Phi) is 5.09. The van der Waals surface area contributed by atoms with Crippen LogP contribution >= 0.6 is 15.9 Å². The number of hydrogen-bond acceptors (Lipinski definition) is 4. The van der Waals surface area contributed by atoms with Crippen molar-refractivity contribution in [1.29, 1.82) is 0 Å². The lowest BCUT2D eigenvalue weighted by atomic mass is 10.00. The van der Waals surface area contributed by atoms with Gasteiger partial charge in [-0.2, -0.15) is 0 Å². The summed E-state index contributed by atoms with van der Waals surface area (Å²) < 4.78 is 6.28. The van der Waals surface area contributed by atoms with Gasteiger partial charge in [0.1, 0.15) is 6.33 Å². The van der Waals surface area contributed by atoms with Crippen LogP contribution in [0.25, 0.3) is 0 Å². The molecular formula is C15H18BrN3O. The average molecular weight is 336 g/mol. The molecule has 1 aromatic carbocycles. The minimum Gasteiger partial charge on any atom is -0.481 e. The summed E-state index contributed by atoms with van der Waals surface area (Å²) in [5.41, 5.74) is 3.40. The number of aryl methyl sites for hydroxylation is 1. The molecule has 1 atom stereocenters. The monoisotopic (exact) mass is 335 g/mol. The van der Waals surface area contributed by atoms with Crippen molar-refractivity contribution in [1.82, 2.24) is 15.3 Å². The van der Waals surface area contributed by atoms with Gasteiger partial charge in [0.2, 0.25) is 5.88 Å². The van der Waals surface area contributed by atoms with Gasteiger partial charge in [-0.3, -0.25) is 0 Å². The Morgan fingerprint density at radius 2 is 2.15 bits per heavy atom. The zero-order valence-electron chi connectivity index (χ0n) is 11.9. The molecule has 0 bridgehead atoms. The van der Waals surface area contributed by atoms with E-state index < -0.39 is 0 Å². The van der Waals surface area contributed by atoms with Crippen molar-refractivity contribution < 1.29 is 4.74 Å². The molecule has 0 aliphatic rings. The van der Waals surface area contributed by atoms with Gasteiger partial charge in [0.25, 0.3) is 0 Å². The molecule has 0 aliphatic carbocycles. The SMILES string of the molecule is CNC(Cc1cc(OC)ncn1)c1cccc(C)c1Br. The smallest absolute Gasteiger partial charge is 0.216 e. The summed E-state index contributed by atoms with van der Waals surface area (Å²) in [6, 6.07) is 8.34. The van der Waals surface area contributed by atoms with Crippen LogP contribution in [-0.4, -0.2) is 24.1 Å². The standard InChI is InChI=1S/C15H18BrN3O/c1-10-5-4-6-12(15(10)16)13(17-2)7-11-8-14(20-3)19-9-18-11/h4-6,8-9,13,17H,7H2,1-3H3. The predicted octanol–water partition coefficient (Wildman–Crippen LogP) is 3.06. The molecule has 5 heteroatoms. The molecule has 1 aromatic heterocycles. The Balaban J connectivity index is 2.26. The van der Waals surface area contributed by atoms with Gasteiger partial charge >= 0.3 is 0 Å². The van der Waals surface area contributed by atoms with E-state index in [1.807, 2.05) is 13.1 Å². The minimum atomic E-state index is 0.184. The molecule has 1 N–H and O–H groups in total.